The van der Waals surface area contributed by atoms with Crippen LogP contribution < -0.4 is 5.32 Å². The van der Waals surface area contributed by atoms with Crippen molar-refractivity contribution in [1.82, 2.24) is 15.1 Å². The molecule has 1 heterocycles. The highest BCUT2D eigenvalue weighted by molar-refractivity contribution is 6.17. The summed E-state index contributed by atoms with van der Waals surface area (Å²) >= 11 is 5.78. The largest absolute Gasteiger partial charge is 0.350 e. The summed E-state index contributed by atoms with van der Waals surface area (Å²) in [6.45, 7) is 2.76. The SMILES string of the molecule is CCc1cc(C(=O)NCC2(CCCl)CC2)n(C)n1. The molecule has 1 aromatic heterocycles. The molecule has 2 rings (SSSR count). The Bertz CT molecular complexity index is 437. The van der Waals surface area contributed by atoms with E-state index < -0.39 is 0 Å². The number of alkyl halides is 1. The van der Waals surface area contributed by atoms with Crippen molar-refractivity contribution >= 4 is 17.5 Å². The zero-order valence-electron chi connectivity index (χ0n) is 11.0. The van der Waals surface area contributed by atoms with Gasteiger partial charge in [-0.1, -0.05) is 6.92 Å². The van der Waals surface area contributed by atoms with Gasteiger partial charge in [-0.05, 0) is 37.2 Å². The number of rotatable bonds is 6. The maximum absolute atomic E-state index is 12.1. The van der Waals surface area contributed by atoms with Crippen molar-refractivity contribution in [2.24, 2.45) is 12.5 Å². The highest BCUT2D eigenvalue weighted by Crippen LogP contribution is 2.48. The number of nitrogens with one attached hydrogen (secondary N) is 1. The smallest absolute Gasteiger partial charge is 0.269 e. The molecule has 0 aliphatic heterocycles. The normalized spacial score (nSPS) is 16.6. The summed E-state index contributed by atoms with van der Waals surface area (Å²) in [5.74, 6) is 0.632. The molecule has 4 nitrogen and oxygen atoms in total. The predicted octanol–water partition coefficient (Wildman–Crippen LogP) is 2.12. The summed E-state index contributed by atoms with van der Waals surface area (Å²) in [7, 11) is 1.81. The van der Waals surface area contributed by atoms with Crippen molar-refractivity contribution in [2.75, 3.05) is 12.4 Å². The molecule has 1 aromatic rings. The van der Waals surface area contributed by atoms with E-state index >= 15 is 0 Å². The third kappa shape index (κ3) is 2.86. The second-order valence-corrected chi connectivity index (χ2v) is 5.50. The molecule has 0 bridgehead atoms. The second kappa shape index (κ2) is 5.31. The molecular formula is C13H20ClN3O. The topological polar surface area (TPSA) is 46.9 Å². The van der Waals surface area contributed by atoms with E-state index in [0.717, 1.165) is 25.1 Å². The lowest BCUT2D eigenvalue weighted by Gasteiger charge is -2.14. The van der Waals surface area contributed by atoms with Crippen LogP contribution in [0.3, 0.4) is 0 Å². The van der Waals surface area contributed by atoms with Crippen LogP contribution in [0.2, 0.25) is 0 Å². The van der Waals surface area contributed by atoms with Crippen molar-refractivity contribution in [3.63, 3.8) is 0 Å². The number of nitrogens with zero attached hydrogens (tertiary/aromatic N) is 2. The summed E-state index contributed by atoms with van der Waals surface area (Å²) in [4.78, 5) is 12.1. The summed E-state index contributed by atoms with van der Waals surface area (Å²) in [5, 5.41) is 7.29. The molecule has 0 atom stereocenters. The zero-order chi connectivity index (χ0) is 13.2. The van der Waals surface area contributed by atoms with Crippen molar-refractivity contribution in [1.29, 1.82) is 0 Å². The minimum absolute atomic E-state index is 0.0365. The van der Waals surface area contributed by atoms with Crippen LogP contribution in [-0.4, -0.2) is 28.1 Å². The van der Waals surface area contributed by atoms with Gasteiger partial charge < -0.3 is 5.32 Å². The minimum atomic E-state index is -0.0365. The third-order valence-corrected chi connectivity index (χ3v) is 3.92. The summed E-state index contributed by atoms with van der Waals surface area (Å²) in [6, 6.07) is 1.86. The molecule has 0 aromatic carbocycles. The molecule has 1 amide bonds. The van der Waals surface area contributed by atoms with Crippen LogP contribution in [0.4, 0.5) is 0 Å². The van der Waals surface area contributed by atoms with Crippen LogP contribution in [0.25, 0.3) is 0 Å². The highest BCUT2D eigenvalue weighted by atomic mass is 35.5. The number of aromatic nitrogens is 2. The van der Waals surface area contributed by atoms with E-state index in [1.807, 2.05) is 13.0 Å². The van der Waals surface area contributed by atoms with Gasteiger partial charge in [0.15, 0.2) is 0 Å². The first kappa shape index (κ1) is 13.4. The monoisotopic (exact) mass is 269 g/mol. The molecule has 1 aliphatic rings. The van der Waals surface area contributed by atoms with Crippen molar-refractivity contribution in [3.05, 3.63) is 17.5 Å². The molecule has 100 valence electrons. The van der Waals surface area contributed by atoms with Gasteiger partial charge in [-0.2, -0.15) is 5.10 Å². The molecule has 1 N–H and O–H groups in total. The van der Waals surface area contributed by atoms with Crippen LogP contribution in [-0.2, 0) is 13.5 Å². The number of hydrogen-bond donors (Lipinski definition) is 1. The van der Waals surface area contributed by atoms with Gasteiger partial charge in [-0.3, -0.25) is 9.48 Å². The van der Waals surface area contributed by atoms with Gasteiger partial charge >= 0.3 is 0 Å². The zero-order valence-corrected chi connectivity index (χ0v) is 11.8. The number of hydrogen-bond acceptors (Lipinski definition) is 2. The van der Waals surface area contributed by atoms with E-state index in [1.165, 1.54) is 12.8 Å². The van der Waals surface area contributed by atoms with Gasteiger partial charge in [0.2, 0.25) is 0 Å². The molecule has 0 saturated heterocycles. The van der Waals surface area contributed by atoms with Gasteiger partial charge in [0.1, 0.15) is 5.69 Å². The second-order valence-electron chi connectivity index (χ2n) is 5.12. The van der Waals surface area contributed by atoms with Crippen LogP contribution in [0.5, 0.6) is 0 Å². The number of amides is 1. The van der Waals surface area contributed by atoms with Crippen LogP contribution >= 0.6 is 11.6 Å². The standard InChI is InChI=1S/C13H20ClN3O/c1-3-10-8-11(17(2)16-10)12(18)15-9-13(4-5-13)6-7-14/h8H,3-7,9H2,1-2H3,(H,15,18). The van der Waals surface area contributed by atoms with Gasteiger partial charge in [0.25, 0.3) is 5.91 Å². The maximum atomic E-state index is 12.1. The molecular weight excluding hydrogens is 250 g/mol. The fourth-order valence-electron chi connectivity index (χ4n) is 2.16. The molecule has 1 fully saturated rings. The van der Waals surface area contributed by atoms with E-state index in [4.69, 9.17) is 11.6 Å². The third-order valence-electron chi connectivity index (χ3n) is 3.73. The molecule has 1 saturated carbocycles. The Morgan fingerprint density at radius 1 is 1.61 bits per heavy atom. The maximum Gasteiger partial charge on any atom is 0.269 e. The van der Waals surface area contributed by atoms with Gasteiger partial charge in [-0.25, -0.2) is 0 Å². The Hall–Kier alpha value is -1.03. The molecule has 0 spiro atoms. The summed E-state index contributed by atoms with van der Waals surface area (Å²) in [6.07, 6.45) is 4.18. The number of carbonyl (C=O) groups excluding carboxylic acids is 1. The van der Waals surface area contributed by atoms with Crippen LogP contribution in [0.15, 0.2) is 6.07 Å². The van der Waals surface area contributed by atoms with E-state index in [0.29, 0.717) is 11.6 Å². The highest BCUT2D eigenvalue weighted by Gasteiger charge is 2.41. The molecule has 18 heavy (non-hydrogen) atoms. The van der Waals surface area contributed by atoms with Crippen molar-refractivity contribution in [3.8, 4) is 0 Å². The Morgan fingerprint density at radius 3 is 2.83 bits per heavy atom. The Morgan fingerprint density at radius 2 is 2.33 bits per heavy atom. The number of aryl methyl sites for hydroxylation is 2. The van der Waals surface area contributed by atoms with Crippen molar-refractivity contribution < 1.29 is 4.79 Å². The number of carbonyl (C=O) groups is 1. The molecule has 0 unspecified atom stereocenters. The van der Waals surface area contributed by atoms with Crippen LogP contribution in [0, 0.1) is 5.41 Å². The fraction of sp³-hybridized carbons (Fsp3) is 0.692. The summed E-state index contributed by atoms with van der Waals surface area (Å²) in [5.41, 5.74) is 1.85. The quantitative estimate of drug-likeness (QED) is 0.804. The number of halogens is 1. The summed E-state index contributed by atoms with van der Waals surface area (Å²) < 4.78 is 1.65. The van der Waals surface area contributed by atoms with Gasteiger partial charge in [0, 0.05) is 19.5 Å². The van der Waals surface area contributed by atoms with Crippen LogP contribution in [0.1, 0.15) is 42.4 Å². The molecule has 5 heteroatoms. The first-order chi connectivity index (χ1) is 8.60. The van der Waals surface area contributed by atoms with Gasteiger partial charge in [-0.15, -0.1) is 11.6 Å². The van der Waals surface area contributed by atoms with E-state index in [1.54, 1.807) is 11.7 Å². The predicted molar refractivity (Wildman–Crippen MR) is 71.9 cm³/mol. The van der Waals surface area contributed by atoms with Gasteiger partial charge in [0.05, 0.1) is 5.69 Å². The Labute approximate surface area is 113 Å². The molecule has 0 radical (unpaired) electrons. The Balaban J connectivity index is 1.93. The lowest BCUT2D eigenvalue weighted by Crippen LogP contribution is -2.31. The minimum Gasteiger partial charge on any atom is -0.350 e. The van der Waals surface area contributed by atoms with E-state index in [9.17, 15) is 4.79 Å². The average molecular weight is 270 g/mol. The first-order valence-electron chi connectivity index (χ1n) is 6.47. The van der Waals surface area contributed by atoms with Crippen molar-refractivity contribution in [2.45, 2.75) is 32.6 Å². The van der Waals surface area contributed by atoms with E-state index in [2.05, 4.69) is 10.4 Å². The lowest BCUT2D eigenvalue weighted by atomic mass is 10.0. The average Bonchev–Trinajstić information content (AvgIpc) is 3.01. The lowest BCUT2D eigenvalue weighted by molar-refractivity contribution is 0.0935. The van der Waals surface area contributed by atoms with E-state index in [-0.39, 0.29) is 11.3 Å². The first-order valence-corrected chi connectivity index (χ1v) is 7.01. The molecule has 1 aliphatic carbocycles. The Kier molecular flexibility index (Phi) is 3.95. The fourth-order valence-corrected chi connectivity index (χ4v) is 2.56.